The molecule has 0 bridgehead atoms. The zero-order valence-electron chi connectivity index (χ0n) is 25.6. The molecule has 0 radical (unpaired) electrons. The van der Waals surface area contributed by atoms with E-state index < -0.39 is 32.5 Å². The minimum absolute atomic E-state index is 0.0397. The third-order valence-electron chi connectivity index (χ3n) is 6.68. The van der Waals surface area contributed by atoms with Gasteiger partial charge < -0.3 is 29.0 Å². The molecule has 0 aliphatic carbocycles. The summed E-state index contributed by atoms with van der Waals surface area (Å²) in [5.41, 5.74) is 0.606. The zero-order chi connectivity index (χ0) is 33.5. The predicted molar refractivity (Wildman–Crippen MR) is 172 cm³/mol. The van der Waals surface area contributed by atoms with Crippen LogP contribution in [0.5, 0.6) is 28.7 Å². The maximum Gasteiger partial charge on any atom is 0.265 e. The maximum atomic E-state index is 14.1. The van der Waals surface area contributed by atoms with Gasteiger partial charge in [0, 0.05) is 23.5 Å². The van der Waals surface area contributed by atoms with Gasteiger partial charge in [-0.15, -0.1) is 0 Å². The summed E-state index contributed by atoms with van der Waals surface area (Å²) in [6.07, 6.45) is 0. The maximum absolute atomic E-state index is 14.1. The van der Waals surface area contributed by atoms with Gasteiger partial charge in [-0.1, -0.05) is 0 Å². The van der Waals surface area contributed by atoms with Gasteiger partial charge in [-0.05, 0) is 72.8 Å². The van der Waals surface area contributed by atoms with E-state index in [1.807, 2.05) is 0 Å². The van der Waals surface area contributed by atoms with Crippen molar-refractivity contribution in [3.05, 3.63) is 84.9 Å². The van der Waals surface area contributed by atoms with Crippen LogP contribution in [-0.4, -0.2) is 64.8 Å². The molecular formula is C31H33N3O10S2. The van der Waals surface area contributed by atoms with Crippen molar-refractivity contribution < 1.29 is 45.3 Å². The normalized spacial score (nSPS) is 11.2. The van der Waals surface area contributed by atoms with Crippen molar-refractivity contribution in [3.8, 4) is 28.7 Å². The number of hydrogen-bond donors (Lipinski definition) is 2. The molecule has 13 nitrogen and oxygen atoms in total. The van der Waals surface area contributed by atoms with Crippen molar-refractivity contribution in [2.75, 3.05) is 56.4 Å². The summed E-state index contributed by atoms with van der Waals surface area (Å²) in [6, 6.07) is 20.3. The van der Waals surface area contributed by atoms with Gasteiger partial charge in [-0.3, -0.25) is 13.8 Å². The number of sulfonamides is 2. The lowest BCUT2D eigenvalue weighted by atomic mass is 10.2. The number of benzene rings is 4. The highest BCUT2D eigenvalue weighted by Gasteiger charge is 2.31. The highest BCUT2D eigenvalue weighted by molar-refractivity contribution is 7.93. The number of hydrogen-bond acceptors (Lipinski definition) is 10. The largest absolute Gasteiger partial charge is 0.497 e. The molecule has 15 heteroatoms. The Morgan fingerprint density at radius 1 is 0.609 bits per heavy atom. The van der Waals surface area contributed by atoms with E-state index in [4.69, 9.17) is 23.7 Å². The Kier molecular flexibility index (Phi) is 10.5. The number of nitrogens with zero attached hydrogens (tertiary/aromatic N) is 1. The SMILES string of the molecule is COc1ccc(NS(=O)(=O)c2ccc(NC(=O)CN(c3cc(OC)ccc3OC)S(=O)(=O)c3ccc(OC)c(OC)c3)cc2)cc1. The van der Waals surface area contributed by atoms with E-state index in [1.165, 1.54) is 90.1 Å². The molecule has 0 aromatic heterocycles. The molecule has 0 aliphatic rings. The third kappa shape index (κ3) is 7.55. The lowest BCUT2D eigenvalue weighted by molar-refractivity contribution is -0.114. The molecule has 0 aliphatic heterocycles. The molecule has 4 aromatic carbocycles. The summed E-state index contributed by atoms with van der Waals surface area (Å²) in [7, 11) is -1.28. The van der Waals surface area contributed by atoms with E-state index in [-0.39, 0.29) is 32.7 Å². The van der Waals surface area contributed by atoms with Crippen LogP contribution < -0.4 is 38.0 Å². The van der Waals surface area contributed by atoms with E-state index in [9.17, 15) is 21.6 Å². The summed E-state index contributed by atoms with van der Waals surface area (Å²) >= 11 is 0. The summed E-state index contributed by atoms with van der Waals surface area (Å²) in [5.74, 6) is 0.820. The fourth-order valence-electron chi connectivity index (χ4n) is 4.32. The van der Waals surface area contributed by atoms with Crippen LogP contribution in [0.3, 0.4) is 0 Å². The molecule has 244 valence electrons. The highest BCUT2D eigenvalue weighted by Crippen LogP contribution is 2.37. The molecule has 0 fully saturated rings. The van der Waals surface area contributed by atoms with Crippen LogP contribution in [0.2, 0.25) is 0 Å². The van der Waals surface area contributed by atoms with E-state index in [0.29, 0.717) is 22.9 Å². The van der Waals surface area contributed by atoms with Gasteiger partial charge in [0.15, 0.2) is 11.5 Å². The lowest BCUT2D eigenvalue weighted by Gasteiger charge is -2.26. The zero-order valence-corrected chi connectivity index (χ0v) is 27.3. The Hall–Kier alpha value is -5.15. The van der Waals surface area contributed by atoms with Crippen LogP contribution in [0.4, 0.5) is 17.1 Å². The van der Waals surface area contributed by atoms with Crippen LogP contribution in [-0.2, 0) is 24.8 Å². The first-order valence-electron chi connectivity index (χ1n) is 13.5. The molecule has 46 heavy (non-hydrogen) atoms. The third-order valence-corrected chi connectivity index (χ3v) is 9.83. The Labute approximate surface area is 267 Å². The van der Waals surface area contributed by atoms with E-state index in [2.05, 4.69) is 10.0 Å². The Morgan fingerprint density at radius 3 is 1.74 bits per heavy atom. The second kappa shape index (κ2) is 14.3. The van der Waals surface area contributed by atoms with Gasteiger partial charge in [-0.2, -0.15) is 0 Å². The number of carbonyl (C=O) groups excluding carboxylic acids is 1. The predicted octanol–water partition coefficient (Wildman–Crippen LogP) is 4.36. The molecule has 0 saturated carbocycles. The second-order valence-electron chi connectivity index (χ2n) is 9.47. The number of nitrogens with one attached hydrogen (secondary N) is 2. The van der Waals surface area contributed by atoms with Gasteiger partial charge >= 0.3 is 0 Å². The van der Waals surface area contributed by atoms with Gasteiger partial charge in [0.05, 0.1) is 51.0 Å². The van der Waals surface area contributed by atoms with Gasteiger partial charge in [-0.25, -0.2) is 16.8 Å². The summed E-state index contributed by atoms with van der Waals surface area (Å²) in [6.45, 7) is -0.681. The Balaban J connectivity index is 1.62. The number of carbonyl (C=O) groups is 1. The fourth-order valence-corrected chi connectivity index (χ4v) is 6.81. The van der Waals surface area contributed by atoms with Crippen molar-refractivity contribution in [1.29, 1.82) is 0 Å². The number of anilines is 3. The van der Waals surface area contributed by atoms with Gasteiger partial charge in [0.2, 0.25) is 5.91 Å². The Morgan fingerprint density at radius 2 is 1.15 bits per heavy atom. The van der Waals surface area contributed by atoms with Crippen molar-refractivity contribution in [3.63, 3.8) is 0 Å². The molecule has 4 aromatic rings. The topological polar surface area (TPSA) is 159 Å². The molecular weight excluding hydrogens is 638 g/mol. The lowest BCUT2D eigenvalue weighted by Crippen LogP contribution is -2.38. The van der Waals surface area contributed by atoms with Crippen LogP contribution in [0.15, 0.2) is 94.7 Å². The van der Waals surface area contributed by atoms with Crippen LogP contribution in [0.1, 0.15) is 0 Å². The van der Waals surface area contributed by atoms with Crippen molar-refractivity contribution in [1.82, 2.24) is 0 Å². The summed E-state index contributed by atoms with van der Waals surface area (Å²) < 4.78 is 83.6. The first-order chi connectivity index (χ1) is 21.9. The van der Waals surface area contributed by atoms with Crippen molar-refractivity contribution >= 4 is 43.0 Å². The van der Waals surface area contributed by atoms with E-state index >= 15 is 0 Å². The fraction of sp³-hybridized carbons (Fsp3) is 0.194. The quantitative estimate of drug-likeness (QED) is 0.197. The molecule has 1 amide bonds. The number of rotatable bonds is 14. The molecule has 0 atom stereocenters. The smallest absolute Gasteiger partial charge is 0.265 e. The molecule has 0 heterocycles. The summed E-state index contributed by atoms with van der Waals surface area (Å²) in [5, 5.41) is 2.62. The Bertz CT molecular complexity index is 1900. The number of ether oxygens (including phenoxy) is 5. The molecule has 2 N–H and O–H groups in total. The average molecular weight is 672 g/mol. The highest BCUT2D eigenvalue weighted by atomic mass is 32.2. The van der Waals surface area contributed by atoms with E-state index in [0.717, 1.165) is 4.31 Å². The number of amides is 1. The minimum Gasteiger partial charge on any atom is -0.497 e. The monoisotopic (exact) mass is 671 g/mol. The second-order valence-corrected chi connectivity index (χ2v) is 13.0. The molecule has 0 saturated heterocycles. The molecule has 0 spiro atoms. The van der Waals surface area contributed by atoms with Crippen LogP contribution >= 0.6 is 0 Å². The van der Waals surface area contributed by atoms with Gasteiger partial charge in [0.1, 0.15) is 23.8 Å². The van der Waals surface area contributed by atoms with E-state index in [1.54, 1.807) is 30.3 Å². The van der Waals surface area contributed by atoms with Crippen molar-refractivity contribution in [2.45, 2.75) is 9.79 Å². The first kappa shape index (κ1) is 33.7. The molecule has 4 rings (SSSR count). The number of methoxy groups -OCH3 is 5. The van der Waals surface area contributed by atoms with Gasteiger partial charge in [0.25, 0.3) is 20.0 Å². The summed E-state index contributed by atoms with van der Waals surface area (Å²) in [4.78, 5) is 13.1. The molecule has 0 unspecified atom stereocenters. The average Bonchev–Trinajstić information content (AvgIpc) is 3.06. The first-order valence-corrected chi connectivity index (χ1v) is 16.4. The van der Waals surface area contributed by atoms with Crippen molar-refractivity contribution in [2.24, 2.45) is 0 Å². The minimum atomic E-state index is -4.41. The van der Waals surface area contributed by atoms with Crippen LogP contribution in [0, 0.1) is 0 Å². The van der Waals surface area contributed by atoms with Crippen LogP contribution in [0.25, 0.3) is 0 Å². The standard InChI is InChI=1S/C31H33N3O10S2/c1-40-23-10-6-22(7-11-23)33-45(36,37)25-13-8-21(9-14-25)32-31(35)20-34(27-18-24(41-2)12-16-28(27)42-3)46(38,39)26-15-17-29(43-4)30(19-26)44-5/h6-19,33H,20H2,1-5H3,(H,32,35).